The molecule has 0 aromatic rings. The van der Waals surface area contributed by atoms with Gasteiger partial charge in [-0.25, -0.2) is 0 Å². The Labute approximate surface area is 53.0 Å². The molecule has 0 spiro atoms. The normalized spacial score (nSPS) is 16.7. The van der Waals surface area contributed by atoms with Gasteiger partial charge in [-0.1, -0.05) is 0 Å². The first kappa shape index (κ1) is 8.66. The quantitative estimate of drug-likeness (QED) is 0.563. The van der Waals surface area contributed by atoms with Crippen LogP contribution in [0.3, 0.4) is 0 Å². The summed E-state index contributed by atoms with van der Waals surface area (Å²) in [5.74, 6) is -1.08. The Balaban J connectivity index is 3.53. The van der Waals surface area contributed by atoms with Gasteiger partial charge in [0, 0.05) is 7.37 Å². The lowest BCUT2D eigenvalue weighted by Crippen LogP contribution is -2.06. The maximum absolute atomic E-state index is 10.3. The average molecular weight is 151 g/mol. The highest BCUT2D eigenvalue weighted by atomic mass is 31.2. The Kier molecular flexibility index (Phi) is 2.88. The Hall–Kier alpha value is -0.340. The first-order valence-corrected chi connectivity index (χ1v) is 4.67. The summed E-state index contributed by atoms with van der Waals surface area (Å²) in [5.41, 5.74) is 0. The van der Waals surface area contributed by atoms with Gasteiger partial charge in [-0.05, 0) is 12.8 Å². The minimum atomic E-state index is -3.35. The van der Waals surface area contributed by atoms with Crippen molar-refractivity contribution in [3.63, 3.8) is 0 Å². The molecule has 9 heavy (non-hydrogen) atoms. The van der Waals surface area contributed by atoms with E-state index in [0.717, 1.165) is 6.66 Å². The van der Waals surface area contributed by atoms with Crippen LogP contribution in [-0.2, 0) is 9.36 Å². The van der Waals surface area contributed by atoms with Gasteiger partial charge >= 0.3 is 5.97 Å². The zero-order chi connectivity index (χ0) is 7.49. The van der Waals surface area contributed by atoms with Gasteiger partial charge in [0.2, 0.25) is 0 Å². The van der Waals surface area contributed by atoms with Crippen LogP contribution in [0.25, 0.3) is 0 Å². The summed E-state index contributed by atoms with van der Waals surface area (Å²) in [7, 11) is -3.35. The highest BCUT2D eigenvalue weighted by Crippen LogP contribution is 2.29. The van der Waals surface area contributed by atoms with E-state index in [1.54, 1.807) is 0 Å². The van der Waals surface area contributed by atoms with Crippen LogP contribution in [0, 0.1) is 0 Å². The highest BCUT2D eigenvalue weighted by Gasteiger charge is 2.02. The Morgan fingerprint density at radius 1 is 1.78 bits per heavy atom. The van der Waals surface area contributed by atoms with E-state index < -0.39 is 13.3 Å². The second kappa shape index (κ2) is 2.99. The molecule has 0 saturated carbocycles. The molecule has 1 N–H and O–H groups in total. The highest BCUT2D eigenvalue weighted by molar-refractivity contribution is 7.55. The van der Waals surface area contributed by atoms with Crippen molar-refractivity contribution in [1.82, 2.24) is 0 Å². The lowest BCUT2D eigenvalue weighted by molar-refractivity contribution is -0.174. The number of hydrogen-bond acceptors (Lipinski definition) is 3. The molecular weight excluding hydrogens is 143 g/mol. The standard InChI is InChI=1S/C4H9O4P/c1-9(7,8)3-2-4(5)6/h2-3H2,1H3,(H,5,6)(H,7,8)/p-1. The van der Waals surface area contributed by atoms with Gasteiger partial charge in [-0.3, -0.25) is 4.79 Å². The van der Waals surface area contributed by atoms with Gasteiger partial charge in [0.1, 0.15) is 0 Å². The van der Waals surface area contributed by atoms with Crippen molar-refractivity contribution < 1.29 is 19.4 Å². The van der Waals surface area contributed by atoms with Crippen LogP contribution in [0.4, 0.5) is 0 Å². The van der Waals surface area contributed by atoms with Crippen molar-refractivity contribution in [2.75, 3.05) is 12.8 Å². The number of aliphatic carboxylic acids is 1. The maximum atomic E-state index is 10.3. The second-order valence-electron chi connectivity index (χ2n) is 1.88. The minimum Gasteiger partial charge on any atom is -0.799 e. The average Bonchev–Trinajstić information content (AvgIpc) is 1.59. The molecule has 0 amide bonds. The van der Waals surface area contributed by atoms with E-state index in [-0.39, 0.29) is 12.6 Å². The number of rotatable bonds is 3. The molecule has 0 heterocycles. The predicted octanol–water partition coefficient (Wildman–Crippen LogP) is -0.271. The smallest absolute Gasteiger partial charge is 0.303 e. The molecule has 0 aliphatic carbocycles. The van der Waals surface area contributed by atoms with Crippen molar-refractivity contribution in [2.24, 2.45) is 0 Å². The van der Waals surface area contributed by atoms with Crippen LogP contribution in [0.1, 0.15) is 6.42 Å². The molecule has 1 unspecified atom stereocenters. The van der Waals surface area contributed by atoms with Crippen molar-refractivity contribution in [1.29, 1.82) is 0 Å². The van der Waals surface area contributed by atoms with E-state index in [1.165, 1.54) is 0 Å². The van der Waals surface area contributed by atoms with Gasteiger partial charge in [0.15, 0.2) is 0 Å². The van der Waals surface area contributed by atoms with E-state index in [1.807, 2.05) is 0 Å². The lowest BCUT2D eigenvalue weighted by Gasteiger charge is -2.14. The van der Waals surface area contributed by atoms with Gasteiger partial charge in [0.25, 0.3) is 0 Å². The fraction of sp³-hybridized carbons (Fsp3) is 0.750. The SMILES string of the molecule is CP(=O)([O-])CCC(=O)O. The van der Waals surface area contributed by atoms with Crippen LogP contribution in [0.5, 0.6) is 0 Å². The molecule has 0 bridgehead atoms. The molecule has 5 heteroatoms. The molecular formula is C4H8O4P-. The number of carboxylic acid groups (broad SMARTS) is 1. The molecule has 4 nitrogen and oxygen atoms in total. The monoisotopic (exact) mass is 151 g/mol. The topological polar surface area (TPSA) is 77.4 Å². The summed E-state index contributed by atoms with van der Waals surface area (Å²) in [6, 6.07) is 0. The van der Waals surface area contributed by atoms with Crippen molar-refractivity contribution in [2.45, 2.75) is 6.42 Å². The van der Waals surface area contributed by atoms with Crippen molar-refractivity contribution in [3.8, 4) is 0 Å². The summed E-state index contributed by atoms with van der Waals surface area (Å²) in [4.78, 5) is 20.1. The number of carbonyl (C=O) groups is 1. The molecule has 0 fully saturated rings. The summed E-state index contributed by atoms with van der Waals surface area (Å²) >= 11 is 0. The van der Waals surface area contributed by atoms with E-state index in [0.29, 0.717) is 0 Å². The summed E-state index contributed by atoms with van der Waals surface area (Å²) < 4.78 is 10.3. The molecule has 0 aliphatic rings. The van der Waals surface area contributed by atoms with E-state index >= 15 is 0 Å². The Morgan fingerprint density at radius 2 is 2.22 bits per heavy atom. The van der Waals surface area contributed by atoms with Crippen LogP contribution in [0.2, 0.25) is 0 Å². The zero-order valence-electron chi connectivity index (χ0n) is 5.03. The molecule has 0 aromatic heterocycles. The van der Waals surface area contributed by atoms with E-state index in [4.69, 9.17) is 5.11 Å². The molecule has 0 saturated heterocycles. The lowest BCUT2D eigenvalue weighted by atomic mass is 10.5. The summed E-state index contributed by atoms with van der Waals surface area (Å²) in [6.45, 7) is 1.04. The number of hydrogen-bond donors (Lipinski definition) is 1. The minimum absolute atomic E-state index is 0.248. The molecule has 0 radical (unpaired) electrons. The molecule has 1 atom stereocenters. The van der Waals surface area contributed by atoms with E-state index in [9.17, 15) is 14.3 Å². The van der Waals surface area contributed by atoms with Crippen molar-refractivity contribution >= 4 is 13.3 Å². The first-order valence-electron chi connectivity index (χ1n) is 2.41. The third kappa shape index (κ3) is 7.66. The van der Waals surface area contributed by atoms with Gasteiger partial charge in [-0.2, -0.15) is 0 Å². The second-order valence-corrected chi connectivity index (χ2v) is 4.36. The fourth-order valence-corrected chi connectivity index (χ4v) is 0.896. The third-order valence-corrected chi connectivity index (χ3v) is 1.77. The van der Waals surface area contributed by atoms with Gasteiger partial charge < -0.3 is 14.6 Å². The fourth-order valence-electron chi connectivity index (χ4n) is 0.299. The number of carboxylic acids is 1. The van der Waals surface area contributed by atoms with Gasteiger partial charge in [0.05, 0.1) is 6.42 Å². The Bertz CT molecular complexity index is 147. The molecule has 0 rings (SSSR count). The first-order chi connectivity index (χ1) is 3.92. The predicted molar refractivity (Wildman–Crippen MR) is 30.7 cm³/mol. The Morgan fingerprint density at radius 3 is 2.33 bits per heavy atom. The molecule has 0 aliphatic heterocycles. The largest absolute Gasteiger partial charge is 0.799 e. The third-order valence-electron chi connectivity index (χ3n) is 0.732. The van der Waals surface area contributed by atoms with Crippen LogP contribution in [0.15, 0.2) is 0 Å². The summed E-state index contributed by atoms with van der Waals surface area (Å²) in [5, 5.41) is 8.02. The van der Waals surface area contributed by atoms with Crippen LogP contribution < -0.4 is 4.89 Å². The molecule has 0 aromatic carbocycles. The zero-order valence-corrected chi connectivity index (χ0v) is 5.93. The van der Waals surface area contributed by atoms with Gasteiger partial charge in [-0.15, -0.1) is 0 Å². The van der Waals surface area contributed by atoms with Crippen LogP contribution >= 0.6 is 7.37 Å². The van der Waals surface area contributed by atoms with Crippen molar-refractivity contribution in [3.05, 3.63) is 0 Å². The molecule has 54 valence electrons. The maximum Gasteiger partial charge on any atom is 0.303 e. The van der Waals surface area contributed by atoms with Crippen LogP contribution in [-0.4, -0.2) is 23.9 Å². The summed E-state index contributed by atoms with van der Waals surface area (Å²) in [6.07, 6.45) is -0.542. The van der Waals surface area contributed by atoms with E-state index in [2.05, 4.69) is 0 Å².